The first-order chi connectivity index (χ1) is 35.5. The molecule has 2 aromatic heterocycles. The third-order valence-corrected chi connectivity index (χ3v) is 27.4. The highest BCUT2D eigenvalue weighted by molar-refractivity contribution is 6.80. The predicted octanol–water partition coefficient (Wildman–Crippen LogP) is 13.5. The number of benzene rings is 6. The molecule has 16 heteroatoms. The molecule has 1 fully saturated rings. The Morgan fingerprint density at radius 2 is 0.851 bits per heavy atom. The first-order valence-corrected chi connectivity index (χ1v) is 32.5. The minimum Gasteiger partial charge on any atom is -0.461 e. The molecule has 5 aliphatic heterocycles. The molecule has 1 saturated heterocycles. The Morgan fingerprint density at radius 1 is 0.473 bits per heavy atom. The summed E-state index contributed by atoms with van der Waals surface area (Å²) >= 11 is 0. The summed E-state index contributed by atoms with van der Waals surface area (Å²) in [6.45, 7) is 23.8. The molecule has 13 rings (SSSR count). The van der Waals surface area contributed by atoms with Gasteiger partial charge in [0, 0.05) is 46.1 Å². The van der Waals surface area contributed by atoms with E-state index in [1.165, 1.54) is 33.4 Å². The summed E-state index contributed by atoms with van der Waals surface area (Å²) in [5.74, 6) is 1.48. The lowest BCUT2D eigenvalue weighted by Gasteiger charge is -2.44. The zero-order valence-corrected chi connectivity index (χ0v) is 47.7. The van der Waals surface area contributed by atoms with E-state index in [-0.39, 0.29) is 31.1 Å². The second-order valence-corrected chi connectivity index (χ2v) is 31.4. The monoisotopic (exact) mass is 1050 g/mol. The molecular weight excluding hydrogens is 993 g/mol. The summed E-state index contributed by atoms with van der Waals surface area (Å²) in [5, 5.41) is 4.00. The van der Waals surface area contributed by atoms with Crippen LogP contribution in [-0.2, 0) is 39.0 Å². The van der Waals surface area contributed by atoms with Crippen LogP contribution in [0.4, 0.5) is 11.4 Å². The van der Waals surface area contributed by atoms with Gasteiger partial charge in [-0.05, 0) is 163 Å². The quantitative estimate of drug-likeness (QED) is 0.136. The fourth-order valence-electron chi connectivity index (χ4n) is 13.3. The van der Waals surface area contributed by atoms with E-state index < -0.39 is 28.6 Å². The number of rotatable bonds is 8. The van der Waals surface area contributed by atoms with Crippen molar-refractivity contribution in [2.45, 2.75) is 116 Å². The topological polar surface area (TPSA) is 113 Å². The molecular formula is C58H60N4O8Si4. The zero-order chi connectivity index (χ0) is 51.2. The van der Waals surface area contributed by atoms with Crippen LogP contribution in [0.5, 0.6) is 11.5 Å². The Balaban J connectivity index is 0.709. The number of nitrogens with zero attached hydrogens (tertiary/aromatic N) is 4. The average molecular weight is 1050 g/mol. The third kappa shape index (κ3) is 7.09. The molecule has 5 aliphatic rings. The van der Waals surface area contributed by atoms with E-state index in [2.05, 4.69) is 115 Å². The number of hydrogen-bond acceptors (Lipinski definition) is 12. The van der Waals surface area contributed by atoms with Gasteiger partial charge in [0.15, 0.2) is 0 Å². The largest absolute Gasteiger partial charge is 0.461 e. The van der Waals surface area contributed by atoms with Crippen molar-refractivity contribution in [1.82, 2.24) is 9.80 Å². The lowest BCUT2D eigenvalue weighted by Crippen LogP contribution is -2.55. The molecule has 2 atom stereocenters. The molecule has 74 heavy (non-hydrogen) atoms. The van der Waals surface area contributed by atoms with Gasteiger partial charge >= 0.3 is 37.1 Å². The number of aliphatic imine (C=N–C) groups is 2. The van der Waals surface area contributed by atoms with E-state index in [9.17, 15) is 0 Å². The van der Waals surface area contributed by atoms with Crippen molar-refractivity contribution in [3.8, 4) is 11.5 Å². The van der Waals surface area contributed by atoms with Crippen LogP contribution in [0.15, 0.2) is 116 Å². The van der Waals surface area contributed by atoms with E-state index in [0.717, 1.165) is 116 Å². The fourth-order valence-corrected chi connectivity index (χ4v) is 21.5. The highest BCUT2D eigenvalue weighted by Crippen LogP contribution is 2.58. The van der Waals surface area contributed by atoms with Crippen LogP contribution in [0, 0.1) is 27.7 Å². The molecule has 0 aliphatic carbocycles. The van der Waals surface area contributed by atoms with Crippen molar-refractivity contribution in [1.29, 1.82) is 0 Å². The van der Waals surface area contributed by atoms with Gasteiger partial charge in [-0.15, -0.1) is 0 Å². The van der Waals surface area contributed by atoms with Gasteiger partial charge in [0.2, 0.25) is 11.4 Å². The van der Waals surface area contributed by atoms with Crippen LogP contribution < -0.4 is 9.47 Å². The molecule has 12 nitrogen and oxygen atoms in total. The van der Waals surface area contributed by atoms with Crippen molar-refractivity contribution in [2.24, 2.45) is 9.98 Å². The molecule has 6 aromatic carbocycles. The van der Waals surface area contributed by atoms with Crippen molar-refractivity contribution in [3.63, 3.8) is 0 Å². The maximum atomic E-state index is 7.35. The van der Waals surface area contributed by atoms with Crippen LogP contribution in [0.1, 0.15) is 85.0 Å². The Labute approximate surface area is 439 Å². The smallest absolute Gasteiger partial charge is 0.413 e. The highest BCUT2D eigenvalue weighted by atomic mass is 28.5. The van der Waals surface area contributed by atoms with Crippen molar-refractivity contribution < 1.29 is 34.8 Å². The Morgan fingerprint density at radius 3 is 1.26 bits per heavy atom. The number of furan rings is 2. The molecule has 2 unspecified atom stereocenters. The average Bonchev–Trinajstić information content (AvgIpc) is 4.09. The summed E-state index contributed by atoms with van der Waals surface area (Å²) in [6.07, 6.45) is 5.70. The van der Waals surface area contributed by atoms with Gasteiger partial charge < -0.3 is 34.8 Å². The van der Waals surface area contributed by atoms with Crippen molar-refractivity contribution >= 4 is 105 Å². The summed E-state index contributed by atoms with van der Waals surface area (Å²) in [5.41, 5.74) is 12.0. The van der Waals surface area contributed by atoms with Crippen LogP contribution in [0.25, 0.3) is 43.9 Å². The van der Waals surface area contributed by atoms with Gasteiger partial charge in [0.25, 0.3) is 0 Å². The van der Waals surface area contributed by atoms with Gasteiger partial charge in [-0.2, -0.15) is 0 Å². The van der Waals surface area contributed by atoms with Gasteiger partial charge in [-0.25, -0.2) is 9.80 Å². The number of hydrogen-bond donors (Lipinski definition) is 0. The Hall–Kier alpha value is -5.51. The van der Waals surface area contributed by atoms with Gasteiger partial charge in [0.05, 0.1) is 23.2 Å². The second kappa shape index (κ2) is 17.0. The standard InChI is InChI=1S/C58H60N4O8Si4/c1-35-21-23-37(3)51-49(35)55(5,6)61(57(51)33-59-53-45(65-57)27-25-43-47(53)39-17-11-13-19-41(39)63-43)29-15-31-73(9)67-71-69-74(10,70-72-68-73)32-16-30-62-56(7,8)50-36(2)22-24-38(4)52(50)58(62)34-60-54-46(66-58)28-26-44-48(54)40-18-12-14-20-42(40)64-44/h11-14,17-28,33-34H,15-16,29-32H2,1-10H3. The van der Waals surface area contributed by atoms with E-state index in [1.54, 1.807) is 0 Å². The summed E-state index contributed by atoms with van der Waals surface area (Å²) in [6, 6.07) is 34.7. The first-order valence-electron chi connectivity index (χ1n) is 25.8. The van der Waals surface area contributed by atoms with Crippen LogP contribution in [0.3, 0.4) is 0 Å². The first kappa shape index (κ1) is 48.2. The number of aryl methyl sites for hydroxylation is 4. The van der Waals surface area contributed by atoms with Gasteiger partial charge in [-0.3, -0.25) is 9.98 Å². The third-order valence-electron chi connectivity index (χ3n) is 16.6. The van der Waals surface area contributed by atoms with E-state index in [0.29, 0.717) is 0 Å². The molecule has 2 spiro atoms. The molecule has 0 bridgehead atoms. The van der Waals surface area contributed by atoms with Crippen LogP contribution in [-0.4, -0.2) is 72.5 Å². The Kier molecular flexibility index (Phi) is 11.1. The second-order valence-electron chi connectivity index (χ2n) is 22.3. The predicted molar refractivity (Wildman–Crippen MR) is 298 cm³/mol. The lowest BCUT2D eigenvalue weighted by atomic mass is 9.86. The number of ether oxygens (including phenoxy) is 2. The molecule has 4 radical (unpaired) electrons. The zero-order valence-electron chi connectivity index (χ0n) is 43.7. The van der Waals surface area contributed by atoms with E-state index >= 15 is 0 Å². The van der Waals surface area contributed by atoms with E-state index in [1.807, 2.05) is 73.1 Å². The normalized spacial score (nSPS) is 25.9. The van der Waals surface area contributed by atoms with Crippen LogP contribution >= 0.6 is 0 Å². The summed E-state index contributed by atoms with van der Waals surface area (Å²) in [4.78, 5) is 15.6. The van der Waals surface area contributed by atoms with E-state index in [4.69, 9.17) is 44.8 Å². The maximum absolute atomic E-state index is 7.35. The molecule has 0 amide bonds. The lowest BCUT2D eigenvalue weighted by molar-refractivity contribution is -0.0675. The fraction of sp³-hybridized carbons (Fsp3) is 0.345. The van der Waals surface area contributed by atoms with Gasteiger partial charge in [-0.1, -0.05) is 60.7 Å². The highest BCUT2D eigenvalue weighted by Gasteiger charge is 2.60. The summed E-state index contributed by atoms with van der Waals surface area (Å²) in [7, 11) is -5.82. The molecule has 7 heterocycles. The molecule has 376 valence electrons. The van der Waals surface area contributed by atoms with Crippen LogP contribution in [0.2, 0.25) is 25.2 Å². The summed E-state index contributed by atoms with van der Waals surface area (Å²) < 4.78 is 54.1. The number of fused-ring (bicyclic) bond motifs is 14. The minimum atomic E-state index is -2.73. The minimum absolute atomic E-state index is 0.178. The Bertz CT molecular complexity index is 3450. The maximum Gasteiger partial charge on any atom is 0.413 e. The van der Waals surface area contributed by atoms with Crippen molar-refractivity contribution in [3.05, 3.63) is 142 Å². The molecule has 0 N–H and O–H groups in total. The van der Waals surface area contributed by atoms with Gasteiger partial charge in [0.1, 0.15) is 45.2 Å². The molecule has 8 aromatic rings. The van der Waals surface area contributed by atoms with Crippen molar-refractivity contribution in [2.75, 3.05) is 13.1 Å². The molecule has 0 saturated carbocycles. The number of para-hydroxylation sites is 2. The SMILES string of the molecule is Cc1ccc(C)c2c1C(C)(C)N(CCC[Si]1(C)O[Si]O[Si](C)(CCCN3C(C)(C)c4c(C)ccc(C)c4C34C=Nc3c(ccc5oc6ccccc6c35)O4)O[Si]O1)C21C=Nc2c(ccc3oc4ccccc4c23)O1.